The molecule has 4 nitrogen and oxygen atoms in total. The summed E-state index contributed by atoms with van der Waals surface area (Å²) >= 11 is 12.1. The quantitative estimate of drug-likeness (QED) is 0.416. The molecule has 7 heteroatoms. The zero-order chi connectivity index (χ0) is 18.6. The highest BCUT2D eigenvalue weighted by Gasteiger charge is 2.20. The molecule has 0 aliphatic carbocycles. The fraction of sp³-hybridized carbons (Fsp3) is 0.278. The fourth-order valence-corrected chi connectivity index (χ4v) is 2.90. The van der Waals surface area contributed by atoms with Crippen molar-refractivity contribution >= 4 is 35.0 Å². The highest BCUT2D eigenvalue weighted by molar-refractivity contribution is 6.34. The van der Waals surface area contributed by atoms with Gasteiger partial charge in [0, 0.05) is 12.0 Å². The Kier molecular flexibility index (Phi) is 6.51. The highest BCUT2D eigenvalue weighted by Crippen LogP contribution is 2.33. The Bertz CT molecular complexity index is 824. The van der Waals surface area contributed by atoms with Gasteiger partial charge in [0.25, 0.3) is 0 Å². The van der Waals surface area contributed by atoms with E-state index in [0.717, 1.165) is 5.56 Å². The number of ether oxygens (including phenoxy) is 1. The van der Waals surface area contributed by atoms with Gasteiger partial charge in [-0.1, -0.05) is 35.3 Å². The van der Waals surface area contributed by atoms with Crippen LogP contribution in [0.25, 0.3) is 11.1 Å². The van der Waals surface area contributed by atoms with E-state index >= 15 is 0 Å². The van der Waals surface area contributed by atoms with Crippen LogP contribution in [0.2, 0.25) is 10.3 Å². The molecule has 25 heavy (non-hydrogen) atoms. The first-order valence-corrected chi connectivity index (χ1v) is 8.40. The highest BCUT2D eigenvalue weighted by atomic mass is 35.5. The van der Waals surface area contributed by atoms with Gasteiger partial charge in [0.2, 0.25) is 5.78 Å². The number of hydrogen-bond donors (Lipinski definition) is 0. The predicted octanol–water partition coefficient (Wildman–Crippen LogP) is 4.57. The van der Waals surface area contributed by atoms with Gasteiger partial charge in [0.05, 0.1) is 6.61 Å². The molecule has 0 radical (unpaired) electrons. The van der Waals surface area contributed by atoms with Gasteiger partial charge in [0.1, 0.15) is 16.1 Å². The molecule has 0 unspecified atom stereocenters. The van der Waals surface area contributed by atoms with Crippen molar-refractivity contribution in [2.24, 2.45) is 0 Å². The summed E-state index contributed by atoms with van der Waals surface area (Å²) in [6.45, 7) is 3.51. The number of halogens is 3. The summed E-state index contributed by atoms with van der Waals surface area (Å²) < 4.78 is 19.0. The average molecular weight is 384 g/mol. The molecule has 0 aliphatic heterocycles. The number of aromatic nitrogens is 1. The van der Waals surface area contributed by atoms with Crippen molar-refractivity contribution in [3.63, 3.8) is 0 Å². The second kappa shape index (κ2) is 8.41. The number of nitrogens with zero attached hydrogens (tertiary/aromatic N) is 1. The van der Waals surface area contributed by atoms with Crippen molar-refractivity contribution in [1.82, 2.24) is 4.98 Å². The maximum Gasteiger partial charge on any atom is 0.374 e. The lowest BCUT2D eigenvalue weighted by Gasteiger charge is -2.13. The van der Waals surface area contributed by atoms with Gasteiger partial charge in [-0.05, 0) is 49.1 Å². The Balaban J connectivity index is 2.38. The second-order valence-corrected chi connectivity index (χ2v) is 6.13. The largest absolute Gasteiger partial charge is 0.460 e. The van der Waals surface area contributed by atoms with Crippen LogP contribution in [-0.2, 0) is 20.7 Å². The summed E-state index contributed by atoms with van der Waals surface area (Å²) in [5, 5.41) is 0.180. The average Bonchev–Trinajstić information content (AvgIpc) is 2.53. The molecule has 0 fully saturated rings. The topological polar surface area (TPSA) is 56.3 Å². The zero-order valence-electron chi connectivity index (χ0n) is 13.7. The first-order valence-electron chi connectivity index (χ1n) is 7.64. The third kappa shape index (κ3) is 4.77. The number of benzene rings is 1. The Labute approximate surface area is 154 Å². The van der Waals surface area contributed by atoms with E-state index in [1.807, 2.05) is 0 Å². The minimum absolute atomic E-state index is 0.0686. The first kappa shape index (κ1) is 19.3. The van der Waals surface area contributed by atoms with Crippen LogP contribution in [0.1, 0.15) is 24.5 Å². The molecule has 1 aromatic heterocycles. The van der Waals surface area contributed by atoms with E-state index in [2.05, 4.69) is 9.72 Å². The van der Waals surface area contributed by atoms with Gasteiger partial charge in [0.15, 0.2) is 0 Å². The standard InChI is InChI=1S/C18H16Cl2FNO3/c1-3-25-18(24)15(23)7-6-12-13(9-16(19)22-17(12)20)11-5-4-10(2)8-14(11)21/h4-5,8-9H,3,6-7H2,1-2H3. The van der Waals surface area contributed by atoms with E-state index in [9.17, 15) is 14.0 Å². The molecule has 132 valence electrons. The first-order chi connectivity index (χ1) is 11.8. The van der Waals surface area contributed by atoms with Crippen LogP contribution in [0.4, 0.5) is 4.39 Å². The minimum atomic E-state index is -0.899. The number of Topliss-reactive ketones (excluding diaryl/α,β-unsaturated/α-hetero) is 1. The molecule has 0 bridgehead atoms. The van der Waals surface area contributed by atoms with E-state index in [4.69, 9.17) is 23.2 Å². The van der Waals surface area contributed by atoms with Crippen LogP contribution < -0.4 is 0 Å². The Hall–Kier alpha value is -1.98. The molecule has 0 atom stereocenters. The van der Waals surface area contributed by atoms with Crippen molar-refractivity contribution in [2.45, 2.75) is 26.7 Å². The third-order valence-electron chi connectivity index (χ3n) is 3.56. The van der Waals surface area contributed by atoms with Crippen molar-refractivity contribution in [3.8, 4) is 11.1 Å². The number of ketones is 1. The minimum Gasteiger partial charge on any atom is -0.460 e. The number of rotatable bonds is 6. The molecule has 0 saturated carbocycles. The summed E-state index contributed by atoms with van der Waals surface area (Å²) in [5.74, 6) is -2.01. The van der Waals surface area contributed by atoms with E-state index in [-0.39, 0.29) is 29.8 Å². The maximum absolute atomic E-state index is 14.4. The molecule has 0 saturated heterocycles. The molecular weight excluding hydrogens is 368 g/mol. The number of carbonyl (C=O) groups is 2. The predicted molar refractivity (Wildman–Crippen MR) is 94.3 cm³/mol. The Morgan fingerprint density at radius 3 is 2.56 bits per heavy atom. The normalized spacial score (nSPS) is 10.6. The van der Waals surface area contributed by atoms with Gasteiger partial charge in [-0.15, -0.1) is 0 Å². The van der Waals surface area contributed by atoms with Crippen LogP contribution in [-0.4, -0.2) is 23.3 Å². The van der Waals surface area contributed by atoms with Crippen molar-refractivity contribution < 1.29 is 18.7 Å². The Morgan fingerprint density at radius 2 is 1.92 bits per heavy atom. The molecule has 0 N–H and O–H groups in total. The summed E-state index contributed by atoms with van der Waals surface area (Å²) in [4.78, 5) is 27.2. The Morgan fingerprint density at radius 1 is 1.20 bits per heavy atom. The van der Waals surface area contributed by atoms with Gasteiger partial charge in [-0.25, -0.2) is 14.2 Å². The molecule has 1 aromatic carbocycles. The fourth-order valence-electron chi connectivity index (χ4n) is 2.38. The lowest BCUT2D eigenvalue weighted by molar-refractivity contribution is -0.153. The van der Waals surface area contributed by atoms with Crippen molar-refractivity contribution in [3.05, 3.63) is 51.5 Å². The van der Waals surface area contributed by atoms with Gasteiger partial charge >= 0.3 is 5.97 Å². The zero-order valence-corrected chi connectivity index (χ0v) is 15.2. The molecule has 1 heterocycles. The van der Waals surface area contributed by atoms with Gasteiger partial charge in [-0.2, -0.15) is 0 Å². The lowest BCUT2D eigenvalue weighted by Crippen LogP contribution is -2.18. The number of carbonyl (C=O) groups excluding carboxylic acids is 2. The molecule has 0 amide bonds. The molecular formula is C18H16Cl2FNO3. The number of esters is 1. The van der Waals surface area contributed by atoms with Crippen LogP contribution in [0.15, 0.2) is 24.3 Å². The summed E-state index contributed by atoms with van der Waals surface area (Å²) in [5.41, 5.74) is 1.97. The second-order valence-electron chi connectivity index (χ2n) is 5.39. The van der Waals surface area contributed by atoms with Crippen LogP contribution in [0, 0.1) is 12.7 Å². The number of aryl methyl sites for hydroxylation is 1. The number of pyridine rings is 1. The van der Waals surface area contributed by atoms with Crippen molar-refractivity contribution in [1.29, 1.82) is 0 Å². The molecule has 2 rings (SSSR count). The van der Waals surface area contributed by atoms with Gasteiger partial charge in [-0.3, -0.25) is 4.79 Å². The van der Waals surface area contributed by atoms with Gasteiger partial charge < -0.3 is 4.74 Å². The van der Waals surface area contributed by atoms with E-state index in [1.54, 1.807) is 26.0 Å². The van der Waals surface area contributed by atoms with Crippen LogP contribution >= 0.6 is 23.2 Å². The maximum atomic E-state index is 14.4. The summed E-state index contributed by atoms with van der Waals surface area (Å²) in [7, 11) is 0. The smallest absolute Gasteiger partial charge is 0.374 e. The molecule has 0 aliphatic rings. The van der Waals surface area contributed by atoms with Crippen LogP contribution in [0.5, 0.6) is 0 Å². The van der Waals surface area contributed by atoms with Crippen molar-refractivity contribution in [2.75, 3.05) is 6.61 Å². The molecule has 2 aromatic rings. The number of hydrogen-bond acceptors (Lipinski definition) is 4. The van der Waals surface area contributed by atoms with E-state index in [0.29, 0.717) is 16.7 Å². The summed E-state index contributed by atoms with van der Waals surface area (Å²) in [6.07, 6.45) is -0.00829. The summed E-state index contributed by atoms with van der Waals surface area (Å²) in [6, 6.07) is 6.26. The monoisotopic (exact) mass is 383 g/mol. The molecule has 0 spiro atoms. The lowest BCUT2D eigenvalue weighted by atomic mass is 9.96. The third-order valence-corrected chi connectivity index (χ3v) is 4.07. The van der Waals surface area contributed by atoms with E-state index in [1.165, 1.54) is 12.1 Å². The van der Waals surface area contributed by atoms with E-state index < -0.39 is 17.6 Å². The van der Waals surface area contributed by atoms with Crippen LogP contribution in [0.3, 0.4) is 0 Å². The SMILES string of the molecule is CCOC(=O)C(=O)CCc1c(-c2ccc(C)cc2F)cc(Cl)nc1Cl.